The van der Waals surface area contributed by atoms with Crippen molar-refractivity contribution in [2.45, 2.75) is 6.54 Å². The second-order valence-electron chi connectivity index (χ2n) is 4.79. The second kappa shape index (κ2) is 9.55. The van der Waals surface area contributed by atoms with Gasteiger partial charge in [0, 0.05) is 32.9 Å². The quantitative estimate of drug-likeness (QED) is 0.534. The van der Waals surface area contributed by atoms with Gasteiger partial charge < -0.3 is 20.0 Å². The summed E-state index contributed by atoms with van der Waals surface area (Å²) in [5, 5.41) is 27.1. The highest BCUT2D eigenvalue weighted by Crippen LogP contribution is 2.07. The van der Waals surface area contributed by atoms with E-state index < -0.39 is 5.91 Å². The topological polar surface area (TPSA) is 87.8 Å². The van der Waals surface area contributed by atoms with E-state index in [1.807, 2.05) is 36.4 Å². The van der Waals surface area contributed by atoms with E-state index in [1.54, 1.807) is 11.9 Å². The summed E-state index contributed by atoms with van der Waals surface area (Å²) < 4.78 is 0. The molecule has 0 heterocycles. The first kappa shape index (κ1) is 17.7. The summed E-state index contributed by atoms with van der Waals surface area (Å²) in [5.41, 5.74) is 1.04. The number of nitrogens with zero attached hydrogens (tertiary/aromatic N) is 3. The number of benzene rings is 1. The smallest absolute Gasteiger partial charge is 0.266 e. The minimum atomic E-state index is -0.495. The Bertz CT molecular complexity index is 531. The molecule has 22 heavy (non-hydrogen) atoms. The minimum Gasteiger partial charge on any atom is -0.395 e. The third-order valence-corrected chi connectivity index (χ3v) is 3.00. The van der Waals surface area contributed by atoms with Crippen LogP contribution in [0.2, 0.25) is 0 Å². The van der Waals surface area contributed by atoms with Gasteiger partial charge in [-0.05, 0) is 5.56 Å². The molecule has 6 nitrogen and oxygen atoms in total. The van der Waals surface area contributed by atoms with Crippen LogP contribution in [0.3, 0.4) is 0 Å². The molecule has 0 fully saturated rings. The Morgan fingerprint density at radius 2 is 1.82 bits per heavy atom. The number of nitriles is 1. The lowest BCUT2D eigenvalue weighted by atomic mass is 10.2. The lowest BCUT2D eigenvalue weighted by Gasteiger charge is -2.21. The zero-order chi connectivity index (χ0) is 16.4. The van der Waals surface area contributed by atoms with Crippen LogP contribution in [0, 0.1) is 11.3 Å². The highest BCUT2D eigenvalue weighted by molar-refractivity contribution is 5.97. The van der Waals surface area contributed by atoms with Crippen molar-refractivity contribution in [3.8, 4) is 6.07 Å². The minimum absolute atomic E-state index is 0.0275. The zero-order valence-electron chi connectivity index (χ0n) is 12.6. The lowest BCUT2D eigenvalue weighted by molar-refractivity contribution is -0.127. The molecule has 0 aliphatic heterocycles. The molecule has 0 saturated carbocycles. The molecule has 0 saturated heterocycles. The summed E-state index contributed by atoms with van der Waals surface area (Å²) >= 11 is 0. The summed E-state index contributed by atoms with van der Waals surface area (Å²) in [4.78, 5) is 15.2. The van der Waals surface area contributed by atoms with Crippen LogP contribution in [0.1, 0.15) is 5.56 Å². The van der Waals surface area contributed by atoms with E-state index in [-0.39, 0.29) is 31.9 Å². The molecule has 1 rings (SSSR count). The number of carbonyl (C=O) groups excluding carboxylic acids is 1. The summed E-state index contributed by atoms with van der Waals surface area (Å²) in [6.45, 7) is 0.301. The molecule has 0 radical (unpaired) electrons. The van der Waals surface area contributed by atoms with Gasteiger partial charge in [0.15, 0.2) is 0 Å². The Morgan fingerprint density at radius 3 is 2.32 bits per heavy atom. The fraction of sp³-hybridized carbons (Fsp3) is 0.375. The maximum atomic E-state index is 12.2. The first-order chi connectivity index (χ1) is 10.6. The molecule has 1 aromatic carbocycles. The van der Waals surface area contributed by atoms with Gasteiger partial charge in [0.05, 0.1) is 13.2 Å². The van der Waals surface area contributed by atoms with Crippen molar-refractivity contribution in [1.82, 2.24) is 9.80 Å². The van der Waals surface area contributed by atoms with Gasteiger partial charge in [0.25, 0.3) is 5.91 Å². The third kappa shape index (κ3) is 5.56. The molecule has 6 heteroatoms. The van der Waals surface area contributed by atoms with Crippen LogP contribution in [0.25, 0.3) is 0 Å². The Kier molecular flexibility index (Phi) is 7.68. The number of amides is 1. The number of aliphatic hydroxyl groups is 2. The van der Waals surface area contributed by atoms with E-state index in [9.17, 15) is 10.1 Å². The standard InChI is InChI=1S/C16H21N3O3/c1-18(12-14-5-3-2-4-6-14)13-15(11-17)16(22)19(7-9-20)8-10-21/h2-6,13,20-21H,7-10,12H2,1H3/b15-13-. The van der Waals surface area contributed by atoms with Crippen LogP contribution >= 0.6 is 0 Å². The van der Waals surface area contributed by atoms with Crippen molar-refractivity contribution >= 4 is 5.91 Å². The first-order valence-electron chi connectivity index (χ1n) is 6.99. The van der Waals surface area contributed by atoms with Gasteiger partial charge in [-0.2, -0.15) is 5.26 Å². The van der Waals surface area contributed by atoms with Crippen LogP contribution in [0.15, 0.2) is 42.1 Å². The Balaban J connectivity index is 2.80. The van der Waals surface area contributed by atoms with Crippen molar-refractivity contribution in [1.29, 1.82) is 5.26 Å². The number of hydrogen-bond acceptors (Lipinski definition) is 5. The molecule has 2 N–H and O–H groups in total. The predicted octanol–water partition coefficient (Wildman–Crippen LogP) is 0.339. The van der Waals surface area contributed by atoms with Crippen LogP contribution < -0.4 is 0 Å². The van der Waals surface area contributed by atoms with Crippen molar-refractivity contribution in [2.24, 2.45) is 0 Å². The Morgan fingerprint density at radius 1 is 1.23 bits per heavy atom. The predicted molar refractivity (Wildman–Crippen MR) is 82.4 cm³/mol. The van der Waals surface area contributed by atoms with Gasteiger partial charge in [-0.3, -0.25) is 4.79 Å². The van der Waals surface area contributed by atoms with E-state index in [1.165, 1.54) is 11.1 Å². The second-order valence-corrected chi connectivity index (χ2v) is 4.79. The average molecular weight is 303 g/mol. The molecular weight excluding hydrogens is 282 g/mol. The molecule has 0 unspecified atom stereocenters. The number of rotatable bonds is 8. The first-order valence-corrected chi connectivity index (χ1v) is 6.99. The summed E-state index contributed by atoms with van der Waals surface area (Å²) in [7, 11) is 1.78. The highest BCUT2D eigenvalue weighted by Gasteiger charge is 2.18. The number of aliphatic hydroxyl groups excluding tert-OH is 2. The van der Waals surface area contributed by atoms with Crippen molar-refractivity contribution in [2.75, 3.05) is 33.4 Å². The average Bonchev–Trinajstić information content (AvgIpc) is 2.52. The summed E-state index contributed by atoms with van der Waals surface area (Å²) in [5.74, 6) is -0.495. The molecule has 0 spiro atoms. The Labute approximate surface area is 130 Å². The normalized spacial score (nSPS) is 10.9. The summed E-state index contributed by atoms with van der Waals surface area (Å²) in [6, 6.07) is 11.6. The molecule has 1 amide bonds. The molecule has 0 aliphatic rings. The summed E-state index contributed by atoms with van der Waals surface area (Å²) in [6.07, 6.45) is 1.48. The lowest BCUT2D eigenvalue weighted by Crippen LogP contribution is -2.37. The molecule has 0 atom stereocenters. The molecule has 1 aromatic rings. The fourth-order valence-electron chi connectivity index (χ4n) is 2.00. The SMILES string of the molecule is CN(/C=C(/C#N)C(=O)N(CCO)CCO)Cc1ccccc1. The van der Waals surface area contributed by atoms with Gasteiger partial charge in [-0.25, -0.2) is 0 Å². The van der Waals surface area contributed by atoms with E-state index in [0.29, 0.717) is 6.54 Å². The molecule has 0 bridgehead atoms. The van der Waals surface area contributed by atoms with Gasteiger partial charge in [-0.1, -0.05) is 30.3 Å². The van der Waals surface area contributed by atoms with E-state index in [4.69, 9.17) is 10.2 Å². The van der Waals surface area contributed by atoms with E-state index in [0.717, 1.165) is 5.56 Å². The maximum absolute atomic E-state index is 12.2. The fourth-order valence-corrected chi connectivity index (χ4v) is 2.00. The van der Waals surface area contributed by atoms with Crippen LogP contribution in [0.5, 0.6) is 0 Å². The monoisotopic (exact) mass is 303 g/mol. The van der Waals surface area contributed by atoms with E-state index in [2.05, 4.69) is 0 Å². The zero-order valence-corrected chi connectivity index (χ0v) is 12.6. The Hall–Kier alpha value is -2.36. The van der Waals surface area contributed by atoms with Gasteiger partial charge in [0.2, 0.25) is 0 Å². The maximum Gasteiger partial charge on any atom is 0.266 e. The van der Waals surface area contributed by atoms with Gasteiger partial charge in [0.1, 0.15) is 11.6 Å². The van der Waals surface area contributed by atoms with Gasteiger partial charge in [-0.15, -0.1) is 0 Å². The van der Waals surface area contributed by atoms with Gasteiger partial charge >= 0.3 is 0 Å². The van der Waals surface area contributed by atoms with Crippen molar-refractivity contribution in [3.05, 3.63) is 47.7 Å². The number of hydrogen-bond donors (Lipinski definition) is 2. The number of carbonyl (C=O) groups is 1. The third-order valence-electron chi connectivity index (χ3n) is 3.00. The highest BCUT2D eigenvalue weighted by atomic mass is 16.3. The largest absolute Gasteiger partial charge is 0.395 e. The van der Waals surface area contributed by atoms with E-state index >= 15 is 0 Å². The molecule has 118 valence electrons. The van der Waals surface area contributed by atoms with Crippen molar-refractivity contribution < 1.29 is 15.0 Å². The molecule has 0 aliphatic carbocycles. The van der Waals surface area contributed by atoms with Crippen LogP contribution in [-0.4, -0.2) is 59.3 Å². The van der Waals surface area contributed by atoms with Crippen LogP contribution in [-0.2, 0) is 11.3 Å². The van der Waals surface area contributed by atoms with Crippen molar-refractivity contribution in [3.63, 3.8) is 0 Å². The molecule has 0 aromatic heterocycles. The molecular formula is C16H21N3O3. The van der Waals surface area contributed by atoms with Crippen LogP contribution in [0.4, 0.5) is 0 Å².